The zero-order valence-electron chi connectivity index (χ0n) is 15.0. The predicted octanol–water partition coefficient (Wildman–Crippen LogP) is 2.93. The lowest BCUT2D eigenvalue weighted by Crippen LogP contribution is -2.39. The molecule has 0 bridgehead atoms. The molecule has 5 nitrogen and oxygen atoms in total. The first kappa shape index (κ1) is 17.7. The molecule has 0 radical (unpaired) electrons. The van der Waals surface area contributed by atoms with Crippen LogP contribution in [-0.4, -0.2) is 40.2 Å². The van der Waals surface area contributed by atoms with Crippen molar-refractivity contribution < 1.29 is 4.79 Å². The van der Waals surface area contributed by atoms with Gasteiger partial charge in [-0.05, 0) is 44.0 Å². The SMILES string of the molecule is Cc1cnn(CC(=O)NCC(c2ccccc2)N2CCCCCC2)c1. The number of aryl methyl sites for hydroxylation is 1. The van der Waals surface area contributed by atoms with Crippen LogP contribution in [0, 0.1) is 6.92 Å². The van der Waals surface area contributed by atoms with Gasteiger partial charge in [-0.2, -0.15) is 5.10 Å². The Kier molecular flexibility index (Phi) is 6.23. The lowest BCUT2D eigenvalue weighted by atomic mass is 10.0. The Hall–Kier alpha value is -2.14. The minimum absolute atomic E-state index is 0.0128. The summed E-state index contributed by atoms with van der Waals surface area (Å²) in [5.41, 5.74) is 2.35. The smallest absolute Gasteiger partial charge is 0.241 e. The van der Waals surface area contributed by atoms with E-state index in [1.807, 2.05) is 19.2 Å². The van der Waals surface area contributed by atoms with Crippen molar-refractivity contribution in [2.24, 2.45) is 0 Å². The van der Waals surface area contributed by atoms with Crippen molar-refractivity contribution in [3.8, 4) is 0 Å². The first-order valence-corrected chi connectivity index (χ1v) is 9.27. The van der Waals surface area contributed by atoms with Crippen molar-refractivity contribution in [1.29, 1.82) is 0 Å². The molecule has 2 aromatic rings. The summed E-state index contributed by atoms with van der Waals surface area (Å²) in [6.07, 6.45) is 8.76. The second kappa shape index (κ2) is 8.81. The Labute approximate surface area is 150 Å². The number of rotatable bonds is 6. The molecule has 0 aliphatic carbocycles. The van der Waals surface area contributed by atoms with E-state index in [0.717, 1.165) is 18.7 Å². The number of amides is 1. The molecule has 1 aliphatic heterocycles. The molecule has 5 heteroatoms. The highest BCUT2D eigenvalue weighted by atomic mass is 16.2. The summed E-state index contributed by atoms with van der Waals surface area (Å²) in [5, 5.41) is 7.30. The average molecular weight is 340 g/mol. The Morgan fingerprint density at radius 2 is 1.88 bits per heavy atom. The van der Waals surface area contributed by atoms with E-state index in [1.54, 1.807) is 10.9 Å². The number of likely N-dealkylation sites (tertiary alicyclic amines) is 1. The molecule has 1 aromatic heterocycles. The molecule has 1 amide bonds. The zero-order valence-corrected chi connectivity index (χ0v) is 15.0. The predicted molar refractivity (Wildman–Crippen MR) is 99.2 cm³/mol. The molecule has 1 N–H and O–H groups in total. The molecule has 1 unspecified atom stereocenters. The lowest BCUT2D eigenvalue weighted by molar-refractivity contribution is -0.122. The van der Waals surface area contributed by atoms with E-state index in [-0.39, 0.29) is 18.5 Å². The van der Waals surface area contributed by atoms with Gasteiger partial charge in [0.05, 0.1) is 12.2 Å². The number of aromatic nitrogens is 2. The normalized spacial score (nSPS) is 17.0. The van der Waals surface area contributed by atoms with Gasteiger partial charge in [0.2, 0.25) is 5.91 Å². The minimum atomic E-state index is 0.0128. The maximum Gasteiger partial charge on any atom is 0.241 e. The summed E-state index contributed by atoms with van der Waals surface area (Å²) in [6.45, 7) is 5.10. The highest BCUT2D eigenvalue weighted by Gasteiger charge is 2.22. The monoisotopic (exact) mass is 340 g/mol. The van der Waals surface area contributed by atoms with Crippen LogP contribution in [0.4, 0.5) is 0 Å². The van der Waals surface area contributed by atoms with Crippen LogP contribution >= 0.6 is 0 Å². The van der Waals surface area contributed by atoms with Crippen LogP contribution < -0.4 is 5.32 Å². The third kappa shape index (κ3) is 5.16. The molecular weight excluding hydrogens is 312 g/mol. The first-order valence-electron chi connectivity index (χ1n) is 9.27. The van der Waals surface area contributed by atoms with Crippen LogP contribution in [0.5, 0.6) is 0 Å². The Balaban J connectivity index is 1.63. The van der Waals surface area contributed by atoms with E-state index in [9.17, 15) is 4.79 Å². The van der Waals surface area contributed by atoms with Crippen LogP contribution in [0.15, 0.2) is 42.7 Å². The summed E-state index contributed by atoms with van der Waals surface area (Å²) < 4.78 is 1.69. The Morgan fingerprint density at radius 1 is 1.16 bits per heavy atom. The van der Waals surface area contributed by atoms with Crippen molar-refractivity contribution in [2.75, 3.05) is 19.6 Å². The molecule has 1 atom stereocenters. The summed E-state index contributed by atoms with van der Waals surface area (Å²) >= 11 is 0. The summed E-state index contributed by atoms with van der Waals surface area (Å²) in [5.74, 6) is 0.0128. The second-order valence-corrected chi connectivity index (χ2v) is 6.90. The molecular formula is C20H28N4O. The van der Waals surface area contributed by atoms with Gasteiger partial charge in [0.15, 0.2) is 0 Å². The van der Waals surface area contributed by atoms with E-state index in [2.05, 4.69) is 39.6 Å². The number of hydrogen-bond acceptors (Lipinski definition) is 3. The molecule has 134 valence electrons. The Morgan fingerprint density at radius 3 is 2.52 bits per heavy atom. The molecule has 1 fully saturated rings. The molecule has 1 aliphatic rings. The van der Waals surface area contributed by atoms with Gasteiger partial charge in [-0.3, -0.25) is 14.4 Å². The van der Waals surface area contributed by atoms with E-state index in [1.165, 1.54) is 31.2 Å². The molecule has 1 saturated heterocycles. The van der Waals surface area contributed by atoms with Gasteiger partial charge in [-0.25, -0.2) is 0 Å². The topological polar surface area (TPSA) is 50.2 Å². The fraction of sp³-hybridized carbons (Fsp3) is 0.500. The fourth-order valence-electron chi connectivity index (χ4n) is 3.51. The van der Waals surface area contributed by atoms with Gasteiger partial charge < -0.3 is 5.32 Å². The third-order valence-corrected chi connectivity index (χ3v) is 4.83. The van der Waals surface area contributed by atoms with Crippen LogP contribution in [-0.2, 0) is 11.3 Å². The molecule has 1 aromatic carbocycles. The van der Waals surface area contributed by atoms with Crippen LogP contribution in [0.2, 0.25) is 0 Å². The van der Waals surface area contributed by atoms with Crippen molar-refractivity contribution in [3.05, 3.63) is 53.9 Å². The van der Waals surface area contributed by atoms with E-state index in [0.29, 0.717) is 6.54 Å². The summed E-state index contributed by atoms with van der Waals surface area (Å²) in [4.78, 5) is 14.8. The molecule has 0 saturated carbocycles. The van der Waals surface area contributed by atoms with Crippen molar-refractivity contribution in [3.63, 3.8) is 0 Å². The minimum Gasteiger partial charge on any atom is -0.353 e. The zero-order chi connectivity index (χ0) is 17.5. The van der Waals surface area contributed by atoms with Gasteiger partial charge in [0.25, 0.3) is 0 Å². The quantitative estimate of drug-likeness (QED) is 0.880. The summed E-state index contributed by atoms with van der Waals surface area (Å²) in [6, 6.07) is 10.8. The average Bonchev–Trinajstić information content (AvgIpc) is 2.86. The van der Waals surface area contributed by atoms with Gasteiger partial charge >= 0.3 is 0 Å². The fourth-order valence-corrected chi connectivity index (χ4v) is 3.51. The van der Waals surface area contributed by atoms with E-state index < -0.39 is 0 Å². The number of carbonyl (C=O) groups excluding carboxylic acids is 1. The van der Waals surface area contributed by atoms with Gasteiger partial charge in [0, 0.05) is 12.7 Å². The maximum absolute atomic E-state index is 12.3. The number of nitrogens with zero attached hydrogens (tertiary/aromatic N) is 3. The van der Waals surface area contributed by atoms with Crippen molar-refractivity contribution >= 4 is 5.91 Å². The van der Waals surface area contributed by atoms with Crippen LogP contribution in [0.25, 0.3) is 0 Å². The van der Waals surface area contributed by atoms with Crippen molar-refractivity contribution in [2.45, 2.75) is 45.2 Å². The van der Waals surface area contributed by atoms with Crippen LogP contribution in [0.1, 0.15) is 42.9 Å². The van der Waals surface area contributed by atoms with Crippen LogP contribution in [0.3, 0.4) is 0 Å². The first-order chi connectivity index (χ1) is 12.2. The largest absolute Gasteiger partial charge is 0.353 e. The Bertz CT molecular complexity index is 659. The maximum atomic E-state index is 12.3. The highest BCUT2D eigenvalue weighted by molar-refractivity contribution is 5.75. The van der Waals surface area contributed by atoms with Gasteiger partial charge in [0.1, 0.15) is 6.54 Å². The number of nitrogens with one attached hydrogen (secondary N) is 1. The van der Waals surface area contributed by atoms with Gasteiger partial charge in [-0.1, -0.05) is 43.2 Å². The molecule has 25 heavy (non-hydrogen) atoms. The number of hydrogen-bond donors (Lipinski definition) is 1. The summed E-state index contributed by atoms with van der Waals surface area (Å²) in [7, 11) is 0. The molecule has 0 spiro atoms. The van der Waals surface area contributed by atoms with Gasteiger partial charge in [-0.15, -0.1) is 0 Å². The standard InChI is InChI=1S/C20H28N4O/c1-17-13-22-24(15-17)16-20(25)21-14-19(18-9-5-4-6-10-18)23-11-7-2-3-8-12-23/h4-6,9-10,13,15,19H,2-3,7-8,11-12,14,16H2,1H3,(H,21,25). The second-order valence-electron chi connectivity index (χ2n) is 6.90. The van der Waals surface area contributed by atoms with E-state index in [4.69, 9.17) is 0 Å². The molecule has 2 heterocycles. The number of carbonyl (C=O) groups is 1. The third-order valence-electron chi connectivity index (χ3n) is 4.83. The lowest BCUT2D eigenvalue weighted by Gasteiger charge is -2.31. The number of benzene rings is 1. The van der Waals surface area contributed by atoms with Crippen molar-refractivity contribution in [1.82, 2.24) is 20.0 Å². The molecule has 3 rings (SSSR count). The van der Waals surface area contributed by atoms with E-state index >= 15 is 0 Å². The highest BCUT2D eigenvalue weighted by Crippen LogP contribution is 2.23.